The van der Waals surface area contributed by atoms with Crippen LogP contribution >= 0.6 is 34.8 Å². The molecule has 6 nitrogen and oxygen atoms in total. The van der Waals surface area contributed by atoms with Crippen molar-refractivity contribution in [3.8, 4) is 0 Å². The van der Waals surface area contributed by atoms with Crippen LogP contribution in [0.15, 0.2) is 48.5 Å². The van der Waals surface area contributed by atoms with E-state index in [4.69, 9.17) is 44.3 Å². The number of likely N-dealkylation sites (tertiary alicyclic amines) is 1. The number of carbonyl (C=O) groups is 1. The summed E-state index contributed by atoms with van der Waals surface area (Å²) in [6, 6.07) is 15.1. The number of anilines is 1. The zero-order valence-electron chi connectivity index (χ0n) is 19.6. The lowest BCUT2D eigenvalue weighted by Gasteiger charge is -2.43. The van der Waals surface area contributed by atoms with Crippen LogP contribution in [0.5, 0.6) is 0 Å². The van der Waals surface area contributed by atoms with Gasteiger partial charge in [0, 0.05) is 23.7 Å². The van der Waals surface area contributed by atoms with Gasteiger partial charge in [-0.05, 0) is 49.2 Å². The van der Waals surface area contributed by atoms with Crippen LogP contribution in [0, 0.1) is 5.92 Å². The maximum absolute atomic E-state index is 12.0. The Kier molecular flexibility index (Phi) is 8.98. The number of aliphatic hydroxyl groups is 1. The molecule has 2 fully saturated rings. The van der Waals surface area contributed by atoms with Crippen molar-refractivity contribution in [1.82, 2.24) is 4.90 Å². The van der Waals surface area contributed by atoms with E-state index in [9.17, 15) is 9.90 Å². The summed E-state index contributed by atoms with van der Waals surface area (Å²) in [5.41, 5.74) is 3.26. The molecule has 0 unspecified atom stereocenters. The third-order valence-corrected chi connectivity index (χ3v) is 7.22. The largest absolute Gasteiger partial charge is 0.392 e. The summed E-state index contributed by atoms with van der Waals surface area (Å²) in [5.74, 6) is -0.585. The first-order valence-corrected chi connectivity index (χ1v) is 13.1. The predicted molar refractivity (Wildman–Crippen MR) is 139 cm³/mol. The number of hydrogen-bond acceptors (Lipinski definition) is 5. The Bertz CT molecular complexity index is 976. The summed E-state index contributed by atoms with van der Waals surface area (Å²) in [6.07, 6.45) is 2.97. The monoisotopic (exact) mass is 540 g/mol. The molecule has 2 heterocycles. The van der Waals surface area contributed by atoms with Gasteiger partial charge in [0.25, 0.3) is 9.70 Å². The van der Waals surface area contributed by atoms with E-state index in [0.717, 1.165) is 36.3 Å². The summed E-state index contributed by atoms with van der Waals surface area (Å²) in [6.45, 7) is 5.21. The van der Waals surface area contributed by atoms with Gasteiger partial charge in [0.1, 0.15) is 0 Å². The van der Waals surface area contributed by atoms with Gasteiger partial charge in [0.05, 0.1) is 18.8 Å². The molecule has 2 N–H and O–H groups in total. The Morgan fingerprint density at radius 1 is 1.00 bits per heavy atom. The molecule has 1 amide bonds. The summed E-state index contributed by atoms with van der Waals surface area (Å²) in [5, 5.41) is 12.0. The van der Waals surface area contributed by atoms with Crippen molar-refractivity contribution in [3.05, 3.63) is 65.2 Å². The molecule has 0 aliphatic carbocycles. The van der Waals surface area contributed by atoms with Crippen molar-refractivity contribution in [2.24, 2.45) is 5.92 Å². The number of nitrogens with zero attached hydrogens (tertiary/aromatic N) is 1. The zero-order chi connectivity index (χ0) is 25.0. The van der Waals surface area contributed by atoms with Gasteiger partial charge in [-0.2, -0.15) is 0 Å². The van der Waals surface area contributed by atoms with Crippen LogP contribution in [0.4, 0.5) is 5.69 Å². The molecular formula is C26H31Cl3N2O4. The molecule has 2 aliphatic heterocycles. The molecule has 4 atom stereocenters. The van der Waals surface area contributed by atoms with Crippen LogP contribution in [0.25, 0.3) is 0 Å². The van der Waals surface area contributed by atoms with Gasteiger partial charge in [-0.15, -0.1) is 0 Å². The van der Waals surface area contributed by atoms with Gasteiger partial charge in [0.15, 0.2) is 6.29 Å². The molecule has 9 heteroatoms. The number of piperidine rings is 1. The highest BCUT2D eigenvalue weighted by Gasteiger charge is 2.39. The highest BCUT2D eigenvalue weighted by atomic mass is 35.6. The third kappa shape index (κ3) is 6.89. The van der Waals surface area contributed by atoms with Crippen LogP contribution in [-0.4, -0.2) is 45.4 Å². The number of nitrogens with one attached hydrogen (secondary N) is 1. The number of halogens is 3. The average molecular weight is 542 g/mol. The Morgan fingerprint density at radius 3 is 2.23 bits per heavy atom. The Morgan fingerprint density at radius 2 is 1.63 bits per heavy atom. The fraction of sp³-hybridized carbons (Fsp3) is 0.500. The van der Waals surface area contributed by atoms with Crippen LogP contribution in [-0.2, 0) is 20.9 Å². The van der Waals surface area contributed by atoms with Crippen LogP contribution in [0.3, 0.4) is 0 Å². The predicted octanol–water partition coefficient (Wildman–Crippen LogP) is 5.76. The maximum Gasteiger partial charge on any atom is 0.276 e. The quantitative estimate of drug-likeness (QED) is 0.455. The van der Waals surface area contributed by atoms with Crippen molar-refractivity contribution in [3.63, 3.8) is 0 Å². The van der Waals surface area contributed by atoms with E-state index in [-0.39, 0.29) is 24.7 Å². The molecule has 2 aromatic rings. The number of aliphatic hydroxyl groups excluding tert-OH is 1. The molecule has 2 saturated heterocycles. The van der Waals surface area contributed by atoms with E-state index in [1.165, 1.54) is 19.3 Å². The van der Waals surface area contributed by atoms with Crippen molar-refractivity contribution in [2.45, 2.75) is 55.1 Å². The Hall–Kier alpha value is -1.38. The summed E-state index contributed by atoms with van der Waals surface area (Å²) >= 11 is 17.0. The molecular weight excluding hydrogens is 511 g/mol. The standard InChI is InChI=1S/C26H31Cl3N2O4/c1-17-22(15-31-13-3-2-4-14-31)34-24(35-23(17)19-7-5-18(16-32)6-8-19)20-9-11-21(12-10-20)30-25(33)26(27,28)29/h5-12,17,22-24,32H,2-4,13-16H2,1H3,(H,30,33)/t17-,22+,23+,24+/m1/s1. The second-order valence-electron chi connectivity index (χ2n) is 9.26. The molecule has 0 aromatic heterocycles. The smallest absolute Gasteiger partial charge is 0.276 e. The van der Waals surface area contributed by atoms with E-state index in [1.807, 2.05) is 36.4 Å². The third-order valence-electron chi connectivity index (χ3n) is 6.71. The molecule has 2 aliphatic rings. The number of carbonyl (C=O) groups excluding carboxylic acids is 1. The molecule has 0 saturated carbocycles. The molecule has 0 bridgehead atoms. The lowest BCUT2D eigenvalue weighted by Crippen LogP contribution is -2.45. The minimum atomic E-state index is -2.04. The number of hydrogen-bond donors (Lipinski definition) is 2. The van der Waals surface area contributed by atoms with Crippen LogP contribution in [0.2, 0.25) is 0 Å². The summed E-state index contributed by atoms with van der Waals surface area (Å²) in [4.78, 5) is 14.4. The van der Waals surface area contributed by atoms with Gasteiger partial charge in [-0.25, -0.2) is 0 Å². The number of rotatable bonds is 6. The van der Waals surface area contributed by atoms with Crippen molar-refractivity contribution < 1.29 is 19.4 Å². The van der Waals surface area contributed by atoms with E-state index < -0.39 is 16.0 Å². The molecule has 0 radical (unpaired) electrons. The molecule has 0 spiro atoms. The zero-order valence-corrected chi connectivity index (χ0v) is 21.9. The highest BCUT2D eigenvalue weighted by molar-refractivity contribution is 6.76. The van der Waals surface area contributed by atoms with Gasteiger partial charge in [-0.3, -0.25) is 4.79 Å². The van der Waals surface area contributed by atoms with Gasteiger partial charge in [0.2, 0.25) is 0 Å². The second-order valence-corrected chi connectivity index (χ2v) is 11.5. The second kappa shape index (κ2) is 11.8. The van der Waals surface area contributed by atoms with Crippen LogP contribution < -0.4 is 5.32 Å². The molecule has 190 valence electrons. The van der Waals surface area contributed by atoms with Gasteiger partial charge in [-0.1, -0.05) is 84.5 Å². The number of benzene rings is 2. The minimum Gasteiger partial charge on any atom is -0.392 e. The number of amides is 1. The highest BCUT2D eigenvalue weighted by Crippen LogP contribution is 2.42. The van der Waals surface area contributed by atoms with Crippen molar-refractivity contribution >= 4 is 46.4 Å². The molecule has 4 rings (SSSR count). The van der Waals surface area contributed by atoms with Crippen molar-refractivity contribution in [2.75, 3.05) is 25.0 Å². The first-order valence-electron chi connectivity index (χ1n) is 12.0. The first-order chi connectivity index (χ1) is 16.7. The molecule has 35 heavy (non-hydrogen) atoms. The fourth-order valence-electron chi connectivity index (χ4n) is 4.65. The van der Waals surface area contributed by atoms with Crippen LogP contribution in [0.1, 0.15) is 55.3 Å². The average Bonchev–Trinajstić information content (AvgIpc) is 2.86. The lowest BCUT2D eigenvalue weighted by atomic mass is 9.89. The number of ether oxygens (including phenoxy) is 2. The van der Waals surface area contributed by atoms with Crippen molar-refractivity contribution in [1.29, 1.82) is 0 Å². The first kappa shape index (κ1) is 26.7. The number of alkyl halides is 3. The normalized spacial score (nSPS) is 25.9. The lowest BCUT2D eigenvalue weighted by molar-refractivity contribution is -0.276. The fourth-order valence-corrected chi connectivity index (χ4v) is 4.79. The van der Waals surface area contributed by atoms with E-state index in [0.29, 0.717) is 5.69 Å². The molecule has 2 aromatic carbocycles. The van der Waals surface area contributed by atoms with Gasteiger partial charge < -0.3 is 24.8 Å². The van der Waals surface area contributed by atoms with E-state index >= 15 is 0 Å². The minimum absolute atomic E-state index is 0.00580. The van der Waals surface area contributed by atoms with E-state index in [1.54, 1.807) is 12.1 Å². The maximum atomic E-state index is 12.0. The SMILES string of the molecule is C[C@@H]1[C@H](CN2CCCCC2)O[C@H](c2ccc(NC(=O)C(Cl)(Cl)Cl)cc2)O[C@@H]1c1ccc(CO)cc1. The Balaban J connectivity index is 1.54. The van der Waals surface area contributed by atoms with E-state index in [2.05, 4.69) is 17.1 Å². The topological polar surface area (TPSA) is 71.0 Å². The Labute approximate surface area is 221 Å². The summed E-state index contributed by atoms with van der Waals surface area (Å²) < 4.78 is 11.0. The summed E-state index contributed by atoms with van der Waals surface area (Å²) in [7, 11) is 0. The van der Waals surface area contributed by atoms with Gasteiger partial charge >= 0.3 is 0 Å².